The summed E-state index contributed by atoms with van der Waals surface area (Å²) < 4.78 is 0. The molecular formula is C7H13NO2. The molecule has 0 saturated carbocycles. The number of allylic oxidation sites excluding steroid dienone is 1. The Morgan fingerprint density at radius 2 is 2.40 bits per heavy atom. The van der Waals surface area contributed by atoms with Gasteiger partial charge in [0, 0.05) is 6.54 Å². The zero-order valence-electron chi connectivity index (χ0n) is 6.29. The van der Waals surface area contributed by atoms with Crippen molar-refractivity contribution in [2.75, 3.05) is 6.54 Å². The molecule has 0 fully saturated rings. The fourth-order valence-electron chi connectivity index (χ4n) is 0.459. The van der Waals surface area contributed by atoms with E-state index in [2.05, 4.69) is 5.32 Å². The molecule has 0 heterocycles. The van der Waals surface area contributed by atoms with Crippen molar-refractivity contribution in [1.82, 2.24) is 5.32 Å². The molecule has 0 aliphatic carbocycles. The molecule has 0 aliphatic heterocycles. The summed E-state index contributed by atoms with van der Waals surface area (Å²) in [5, 5.41) is 11.2. The van der Waals surface area contributed by atoms with E-state index >= 15 is 0 Å². The topological polar surface area (TPSA) is 49.3 Å². The summed E-state index contributed by atoms with van der Waals surface area (Å²) in [6.45, 7) is 3.70. The van der Waals surface area contributed by atoms with E-state index in [1.165, 1.54) is 6.08 Å². The maximum absolute atomic E-state index is 10.6. The zero-order chi connectivity index (χ0) is 7.98. The van der Waals surface area contributed by atoms with Crippen LogP contribution in [0.5, 0.6) is 0 Å². The van der Waals surface area contributed by atoms with E-state index in [0.717, 1.165) is 0 Å². The Kier molecular flexibility index (Phi) is 4.58. The van der Waals surface area contributed by atoms with Gasteiger partial charge < -0.3 is 10.4 Å². The molecule has 10 heavy (non-hydrogen) atoms. The van der Waals surface area contributed by atoms with Gasteiger partial charge in [-0.3, -0.25) is 4.79 Å². The minimum Gasteiger partial charge on any atom is -0.392 e. The van der Waals surface area contributed by atoms with Gasteiger partial charge in [-0.25, -0.2) is 0 Å². The third kappa shape index (κ3) is 5.31. The first kappa shape index (κ1) is 9.17. The van der Waals surface area contributed by atoms with Gasteiger partial charge in [0.1, 0.15) is 0 Å². The summed E-state index contributed by atoms with van der Waals surface area (Å²) in [6.07, 6.45) is 2.59. The maximum Gasteiger partial charge on any atom is 0.243 e. The van der Waals surface area contributed by atoms with Crippen LogP contribution in [0.3, 0.4) is 0 Å². The molecule has 2 N–H and O–H groups in total. The molecule has 1 atom stereocenters. The van der Waals surface area contributed by atoms with Gasteiger partial charge in [0.05, 0.1) is 6.10 Å². The lowest BCUT2D eigenvalue weighted by Crippen LogP contribution is -2.28. The van der Waals surface area contributed by atoms with Crippen LogP contribution >= 0.6 is 0 Å². The van der Waals surface area contributed by atoms with Crippen LogP contribution in [0.25, 0.3) is 0 Å². The molecule has 0 unspecified atom stereocenters. The lowest BCUT2D eigenvalue weighted by atomic mass is 10.4. The highest BCUT2D eigenvalue weighted by Gasteiger charge is 1.96. The van der Waals surface area contributed by atoms with Gasteiger partial charge in [-0.05, 0) is 19.9 Å². The van der Waals surface area contributed by atoms with Crippen LogP contribution in [-0.4, -0.2) is 23.7 Å². The molecular weight excluding hydrogens is 130 g/mol. The second-order valence-corrected chi connectivity index (χ2v) is 2.09. The van der Waals surface area contributed by atoms with Crippen LogP contribution in [0.1, 0.15) is 13.8 Å². The standard InChI is InChI=1S/C7H13NO2/c1-3-4-7(10)8-5-6(2)9/h3-4,6,9H,5H2,1-2H3,(H,8,10)/b4-3+/t6-/m1/s1. The van der Waals surface area contributed by atoms with Crippen molar-refractivity contribution in [3.63, 3.8) is 0 Å². The summed E-state index contributed by atoms with van der Waals surface area (Å²) in [4.78, 5) is 10.6. The van der Waals surface area contributed by atoms with Crippen molar-refractivity contribution in [3.05, 3.63) is 12.2 Å². The Hall–Kier alpha value is -0.830. The number of amides is 1. The lowest BCUT2D eigenvalue weighted by molar-refractivity contribution is -0.116. The van der Waals surface area contributed by atoms with E-state index in [1.807, 2.05) is 0 Å². The van der Waals surface area contributed by atoms with E-state index < -0.39 is 6.10 Å². The van der Waals surface area contributed by atoms with Crippen LogP contribution in [0.15, 0.2) is 12.2 Å². The SMILES string of the molecule is C/C=C/C(=O)NC[C@@H](C)O. The molecule has 0 bridgehead atoms. The van der Waals surface area contributed by atoms with Crippen LogP contribution in [0.2, 0.25) is 0 Å². The Labute approximate surface area is 60.7 Å². The first-order valence-corrected chi connectivity index (χ1v) is 3.25. The quantitative estimate of drug-likeness (QED) is 0.549. The molecule has 0 aromatic rings. The van der Waals surface area contributed by atoms with Crippen molar-refractivity contribution >= 4 is 5.91 Å². The molecule has 0 aliphatic rings. The number of carbonyl (C=O) groups excluding carboxylic acids is 1. The van der Waals surface area contributed by atoms with Crippen LogP contribution in [0.4, 0.5) is 0 Å². The molecule has 0 radical (unpaired) electrons. The molecule has 0 aromatic carbocycles. The van der Waals surface area contributed by atoms with Crippen LogP contribution in [0, 0.1) is 0 Å². The lowest BCUT2D eigenvalue weighted by Gasteiger charge is -2.02. The summed E-state index contributed by atoms with van der Waals surface area (Å²) >= 11 is 0. The van der Waals surface area contributed by atoms with E-state index in [0.29, 0.717) is 6.54 Å². The van der Waals surface area contributed by atoms with Gasteiger partial charge in [0.2, 0.25) is 5.91 Å². The molecule has 58 valence electrons. The van der Waals surface area contributed by atoms with Gasteiger partial charge in [-0.1, -0.05) is 6.08 Å². The first-order chi connectivity index (χ1) is 4.66. The molecule has 0 saturated heterocycles. The number of nitrogens with one attached hydrogen (secondary N) is 1. The Balaban J connectivity index is 3.40. The number of aliphatic hydroxyl groups is 1. The Morgan fingerprint density at radius 3 is 2.80 bits per heavy atom. The number of carbonyl (C=O) groups is 1. The minimum absolute atomic E-state index is 0.164. The summed E-state index contributed by atoms with van der Waals surface area (Å²) in [7, 11) is 0. The van der Waals surface area contributed by atoms with Gasteiger partial charge in [-0.15, -0.1) is 0 Å². The predicted octanol–water partition coefficient (Wildman–Crippen LogP) is 0.0595. The molecule has 3 nitrogen and oxygen atoms in total. The number of rotatable bonds is 3. The average molecular weight is 143 g/mol. The van der Waals surface area contributed by atoms with E-state index in [1.54, 1.807) is 19.9 Å². The van der Waals surface area contributed by atoms with Crippen LogP contribution < -0.4 is 5.32 Å². The monoisotopic (exact) mass is 143 g/mol. The normalized spacial score (nSPS) is 13.5. The Morgan fingerprint density at radius 1 is 1.80 bits per heavy atom. The van der Waals surface area contributed by atoms with Crippen molar-refractivity contribution in [1.29, 1.82) is 0 Å². The van der Waals surface area contributed by atoms with Crippen LogP contribution in [-0.2, 0) is 4.79 Å². The van der Waals surface area contributed by atoms with Crippen molar-refractivity contribution in [2.45, 2.75) is 20.0 Å². The van der Waals surface area contributed by atoms with Gasteiger partial charge in [-0.2, -0.15) is 0 Å². The maximum atomic E-state index is 10.6. The molecule has 0 spiro atoms. The van der Waals surface area contributed by atoms with Crippen molar-refractivity contribution in [3.8, 4) is 0 Å². The number of hydrogen-bond acceptors (Lipinski definition) is 2. The molecule has 0 aromatic heterocycles. The average Bonchev–Trinajstić information content (AvgIpc) is 1.85. The molecule has 1 amide bonds. The summed E-state index contributed by atoms with van der Waals surface area (Å²) in [5.74, 6) is -0.164. The fraction of sp³-hybridized carbons (Fsp3) is 0.571. The third-order valence-corrected chi connectivity index (χ3v) is 0.890. The smallest absolute Gasteiger partial charge is 0.243 e. The first-order valence-electron chi connectivity index (χ1n) is 3.25. The summed E-state index contributed by atoms with van der Waals surface area (Å²) in [6, 6.07) is 0. The molecule has 0 rings (SSSR count). The largest absolute Gasteiger partial charge is 0.392 e. The number of aliphatic hydroxyl groups excluding tert-OH is 1. The second kappa shape index (κ2) is 4.99. The second-order valence-electron chi connectivity index (χ2n) is 2.09. The highest BCUT2D eigenvalue weighted by atomic mass is 16.3. The Bertz CT molecular complexity index is 130. The van der Waals surface area contributed by atoms with E-state index in [-0.39, 0.29) is 5.91 Å². The third-order valence-electron chi connectivity index (χ3n) is 0.890. The van der Waals surface area contributed by atoms with Crippen molar-refractivity contribution < 1.29 is 9.90 Å². The number of hydrogen-bond donors (Lipinski definition) is 2. The van der Waals surface area contributed by atoms with Gasteiger partial charge >= 0.3 is 0 Å². The van der Waals surface area contributed by atoms with E-state index in [9.17, 15) is 4.79 Å². The van der Waals surface area contributed by atoms with Crippen molar-refractivity contribution in [2.24, 2.45) is 0 Å². The minimum atomic E-state index is -0.478. The van der Waals surface area contributed by atoms with E-state index in [4.69, 9.17) is 5.11 Å². The predicted molar refractivity (Wildman–Crippen MR) is 39.5 cm³/mol. The molecule has 3 heteroatoms. The summed E-state index contributed by atoms with van der Waals surface area (Å²) in [5.41, 5.74) is 0. The zero-order valence-corrected chi connectivity index (χ0v) is 6.29. The highest BCUT2D eigenvalue weighted by Crippen LogP contribution is 1.76. The van der Waals surface area contributed by atoms with Gasteiger partial charge in [0.15, 0.2) is 0 Å². The highest BCUT2D eigenvalue weighted by molar-refractivity contribution is 5.87. The fourth-order valence-corrected chi connectivity index (χ4v) is 0.459. The van der Waals surface area contributed by atoms with Gasteiger partial charge in [0.25, 0.3) is 0 Å².